The number of ether oxygens (including phenoxy) is 1. The summed E-state index contributed by atoms with van der Waals surface area (Å²) in [6, 6.07) is 1.28. The number of amides is 1. The standard InChI is InChI=1S/C9H5ClFNO3/c10-5-1-6-9(8(11)4(5)2-13)15-3-7(14)12-6/h1-2H,3H2,(H,12,14). The first-order chi connectivity index (χ1) is 7.13. The number of carbonyl (C=O) groups excluding carboxylic acids is 2. The Morgan fingerprint density at radius 2 is 2.33 bits per heavy atom. The molecule has 0 bridgehead atoms. The molecule has 0 spiro atoms. The van der Waals surface area contributed by atoms with Crippen molar-refractivity contribution in [1.82, 2.24) is 0 Å². The Morgan fingerprint density at radius 1 is 1.60 bits per heavy atom. The van der Waals surface area contributed by atoms with Gasteiger partial charge in [0.1, 0.15) is 0 Å². The number of halogens is 2. The zero-order chi connectivity index (χ0) is 11.0. The van der Waals surface area contributed by atoms with Crippen LogP contribution in [0.25, 0.3) is 0 Å². The van der Waals surface area contributed by atoms with E-state index in [0.717, 1.165) is 0 Å². The fraction of sp³-hybridized carbons (Fsp3) is 0.111. The van der Waals surface area contributed by atoms with E-state index in [1.807, 2.05) is 0 Å². The molecule has 0 fully saturated rings. The molecule has 1 N–H and O–H groups in total. The van der Waals surface area contributed by atoms with Crippen molar-refractivity contribution >= 4 is 29.5 Å². The predicted molar refractivity (Wildman–Crippen MR) is 50.9 cm³/mol. The van der Waals surface area contributed by atoms with Crippen molar-refractivity contribution in [2.75, 3.05) is 11.9 Å². The Labute approximate surface area is 89.0 Å². The fourth-order valence-corrected chi connectivity index (χ4v) is 1.52. The van der Waals surface area contributed by atoms with Gasteiger partial charge in [-0.15, -0.1) is 0 Å². The Morgan fingerprint density at radius 3 is 3.00 bits per heavy atom. The number of nitrogens with one attached hydrogen (secondary N) is 1. The molecule has 0 atom stereocenters. The molecule has 78 valence electrons. The molecule has 0 unspecified atom stereocenters. The molecular weight excluding hydrogens is 225 g/mol. The number of aldehydes is 1. The van der Waals surface area contributed by atoms with Gasteiger partial charge in [0.25, 0.3) is 5.91 Å². The molecule has 1 aliphatic heterocycles. The Bertz CT molecular complexity index is 461. The zero-order valence-corrected chi connectivity index (χ0v) is 8.10. The third-order valence-corrected chi connectivity index (χ3v) is 2.26. The van der Waals surface area contributed by atoms with Crippen molar-refractivity contribution < 1.29 is 18.7 Å². The summed E-state index contributed by atoms with van der Waals surface area (Å²) < 4.78 is 18.4. The van der Waals surface area contributed by atoms with Gasteiger partial charge in [-0.25, -0.2) is 4.39 Å². The highest BCUT2D eigenvalue weighted by Crippen LogP contribution is 2.36. The molecule has 0 saturated heterocycles. The molecule has 1 heterocycles. The Hall–Kier alpha value is -1.62. The first-order valence-corrected chi connectivity index (χ1v) is 4.41. The number of anilines is 1. The van der Waals surface area contributed by atoms with Crippen LogP contribution >= 0.6 is 11.6 Å². The number of hydrogen-bond acceptors (Lipinski definition) is 3. The lowest BCUT2D eigenvalue weighted by Crippen LogP contribution is -2.26. The molecule has 2 rings (SSSR count). The average Bonchev–Trinajstić information content (AvgIpc) is 2.17. The van der Waals surface area contributed by atoms with Crippen LogP contribution in [-0.2, 0) is 4.79 Å². The molecule has 1 aromatic rings. The summed E-state index contributed by atoms with van der Waals surface area (Å²) in [7, 11) is 0. The second-order valence-corrected chi connectivity index (χ2v) is 3.32. The van der Waals surface area contributed by atoms with E-state index >= 15 is 0 Å². The third-order valence-electron chi connectivity index (χ3n) is 1.95. The van der Waals surface area contributed by atoms with Gasteiger partial charge in [0, 0.05) is 0 Å². The van der Waals surface area contributed by atoms with E-state index in [2.05, 4.69) is 5.32 Å². The number of fused-ring (bicyclic) bond motifs is 1. The maximum atomic E-state index is 13.6. The van der Waals surface area contributed by atoms with Crippen molar-refractivity contribution in [1.29, 1.82) is 0 Å². The van der Waals surface area contributed by atoms with E-state index in [1.165, 1.54) is 6.07 Å². The topological polar surface area (TPSA) is 55.4 Å². The Balaban J connectivity index is 2.62. The van der Waals surface area contributed by atoms with E-state index in [9.17, 15) is 14.0 Å². The minimum atomic E-state index is -0.854. The van der Waals surface area contributed by atoms with Crippen molar-refractivity contribution in [3.63, 3.8) is 0 Å². The minimum absolute atomic E-state index is 0.0629. The van der Waals surface area contributed by atoms with Crippen molar-refractivity contribution in [3.8, 4) is 5.75 Å². The second-order valence-electron chi connectivity index (χ2n) is 2.92. The molecular formula is C9H5ClFNO3. The van der Waals surface area contributed by atoms with Crippen molar-refractivity contribution in [3.05, 3.63) is 22.5 Å². The molecule has 0 aliphatic carbocycles. The summed E-state index contributed by atoms with van der Waals surface area (Å²) in [5, 5.41) is 2.33. The summed E-state index contributed by atoms with van der Waals surface area (Å²) in [5.74, 6) is -1.40. The molecule has 0 radical (unpaired) electrons. The Kier molecular flexibility index (Phi) is 2.32. The van der Waals surface area contributed by atoms with E-state index in [1.54, 1.807) is 0 Å². The van der Waals surface area contributed by atoms with Crippen LogP contribution in [0, 0.1) is 5.82 Å². The highest BCUT2D eigenvalue weighted by Gasteiger charge is 2.23. The quantitative estimate of drug-likeness (QED) is 0.745. The molecule has 0 aromatic heterocycles. The molecule has 6 heteroatoms. The van der Waals surface area contributed by atoms with Gasteiger partial charge in [-0.05, 0) is 6.07 Å². The van der Waals surface area contributed by atoms with E-state index in [0.29, 0.717) is 6.29 Å². The van der Waals surface area contributed by atoms with E-state index in [4.69, 9.17) is 16.3 Å². The molecule has 1 amide bonds. The SMILES string of the molecule is O=Cc1c(Cl)cc2c(c1F)OCC(=O)N2. The average molecular weight is 230 g/mol. The van der Waals surface area contributed by atoms with Crippen LogP contribution in [0.4, 0.5) is 10.1 Å². The third kappa shape index (κ3) is 1.55. The molecule has 15 heavy (non-hydrogen) atoms. The van der Waals surface area contributed by atoms with Gasteiger partial charge in [-0.1, -0.05) is 11.6 Å². The molecule has 1 aliphatic rings. The lowest BCUT2D eigenvalue weighted by molar-refractivity contribution is -0.118. The van der Waals surface area contributed by atoms with Gasteiger partial charge in [-0.2, -0.15) is 0 Å². The van der Waals surface area contributed by atoms with E-state index in [-0.39, 0.29) is 28.6 Å². The predicted octanol–water partition coefficient (Wildman–Crippen LogP) is 1.62. The van der Waals surface area contributed by atoms with Gasteiger partial charge in [0.15, 0.2) is 24.5 Å². The highest BCUT2D eigenvalue weighted by atomic mass is 35.5. The van der Waals surface area contributed by atoms with Gasteiger partial charge >= 0.3 is 0 Å². The summed E-state index contributed by atoms with van der Waals surface area (Å²) in [6.45, 7) is -0.274. The largest absolute Gasteiger partial charge is 0.478 e. The number of benzene rings is 1. The van der Waals surface area contributed by atoms with Crippen LogP contribution in [0.2, 0.25) is 5.02 Å². The number of hydrogen-bond donors (Lipinski definition) is 1. The maximum Gasteiger partial charge on any atom is 0.262 e. The van der Waals surface area contributed by atoms with Gasteiger partial charge < -0.3 is 10.1 Å². The maximum absolute atomic E-state index is 13.6. The van der Waals surface area contributed by atoms with Crippen LogP contribution in [-0.4, -0.2) is 18.8 Å². The molecule has 1 aromatic carbocycles. The first-order valence-electron chi connectivity index (χ1n) is 4.03. The molecule has 0 saturated carbocycles. The minimum Gasteiger partial charge on any atom is -0.478 e. The highest BCUT2D eigenvalue weighted by molar-refractivity contribution is 6.33. The molecule has 4 nitrogen and oxygen atoms in total. The van der Waals surface area contributed by atoms with Crippen molar-refractivity contribution in [2.24, 2.45) is 0 Å². The zero-order valence-electron chi connectivity index (χ0n) is 7.34. The van der Waals surface area contributed by atoms with Gasteiger partial charge in [0.05, 0.1) is 16.3 Å². The first kappa shape index (κ1) is 9.92. The normalized spacial score (nSPS) is 13.9. The van der Waals surface area contributed by atoms with Crippen molar-refractivity contribution in [2.45, 2.75) is 0 Å². The van der Waals surface area contributed by atoms with Crippen LogP contribution in [0.3, 0.4) is 0 Å². The van der Waals surface area contributed by atoms with Gasteiger partial charge in [-0.3, -0.25) is 9.59 Å². The van der Waals surface area contributed by atoms with E-state index < -0.39 is 11.7 Å². The monoisotopic (exact) mass is 229 g/mol. The van der Waals surface area contributed by atoms with Gasteiger partial charge in [0.2, 0.25) is 0 Å². The van der Waals surface area contributed by atoms with Crippen LogP contribution in [0.15, 0.2) is 6.07 Å². The fourth-order valence-electron chi connectivity index (χ4n) is 1.28. The van der Waals surface area contributed by atoms with Crippen LogP contribution in [0.5, 0.6) is 5.75 Å². The number of carbonyl (C=O) groups is 2. The summed E-state index contributed by atoms with van der Waals surface area (Å²) >= 11 is 5.64. The number of rotatable bonds is 1. The summed E-state index contributed by atoms with van der Waals surface area (Å²) in [5.41, 5.74) is -0.133. The van der Waals surface area contributed by atoms with Crippen LogP contribution < -0.4 is 10.1 Å². The second kappa shape index (κ2) is 3.51. The lowest BCUT2D eigenvalue weighted by Gasteiger charge is -2.19. The lowest BCUT2D eigenvalue weighted by atomic mass is 10.1. The van der Waals surface area contributed by atoms with Crippen LogP contribution in [0.1, 0.15) is 10.4 Å². The summed E-state index contributed by atoms with van der Waals surface area (Å²) in [4.78, 5) is 21.5. The smallest absolute Gasteiger partial charge is 0.262 e. The summed E-state index contributed by atoms with van der Waals surface area (Å²) in [6.07, 6.45) is 0.303.